The van der Waals surface area contributed by atoms with E-state index in [-0.39, 0.29) is 5.92 Å². The molecule has 0 radical (unpaired) electrons. The molecule has 0 amide bonds. The number of hydrogen-bond acceptors (Lipinski definition) is 2. The van der Waals surface area contributed by atoms with Crippen LogP contribution in [-0.4, -0.2) is 11.7 Å². The van der Waals surface area contributed by atoms with Crippen molar-refractivity contribution < 1.29 is 5.11 Å². The normalized spacial score (nSPS) is 14.0. The average Bonchev–Trinajstić information content (AvgIpc) is 2.42. The van der Waals surface area contributed by atoms with Crippen LogP contribution < -0.4 is 5.73 Å². The summed E-state index contributed by atoms with van der Waals surface area (Å²) < 4.78 is 0.932. The Morgan fingerprint density at radius 2 is 1.81 bits per heavy atom. The highest BCUT2D eigenvalue weighted by atomic mass is 79.9. The number of aliphatic hydroxyl groups is 1. The van der Waals surface area contributed by atoms with E-state index >= 15 is 0 Å². The predicted octanol–water partition coefficient (Wildman–Crippen LogP) is 4.84. The largest absolute Gasteiger partial charge is 0.388 e. The van der Waals surface area contributed by atoms with Gasteiger partial charge in [0.25, 0.3) is 0 Å². The van der Waals surface area contributed by atoms with Gasteiger partial charge in [0.05, 0.1) is 16.1 Å². The smallest absolute Gasteiger partial charge is 0.0871 e. The number of rotatable bonds is 4. The van der Waals surface area contributed by atoms with Crippen LogP contribution >= 0.6 is 39.1 Å². The van der Waals surface area contributed by atoms with Gasteiger partial charge >= 0.3 is 0 Å². The second-order valence-corrected chi connectivity index (χ2v) is 6.75. The molecule has 0 aromatic heterocycles. The van der Waals surface area contributed by atoms with Crippen LogP contribution in [0.3, 0.4) is 0 Å². The lowest BCUT2D eigenvalue weighted by Crippen LogP contribution is -2.20. The van der Waals surface area contributed by atoms with Gasteiger partial charge in [-0.3, -0.25) is 0 Å². The Kier molecular flexibility index (Phi) is 5.69. The van der Waals surface area contributed by atoms with Crippen molar-refractivity contribution in [3.05, 3.63) is 67.6 Å². The summed E-state index contributed by atoms with van der Waals surface area (Å²) >= 11 is 15.4. The molecule has 2 atom stereocenters. The van der Waals surface area contributed by atoms with Crippen molar-refractivity contribution in [3.63, 3.8) is 0 Å². The molecule has 0 aliphatic carbocycles. The summed E-state index contributed by atoms with van der Waals surface area (Å²) in [6.45, 7) is 2.29. The Morgan fingerprint density at radius 1 is 1.10 bits per heavy atom. The van der Waals surface area contributed by atoms with E-state index < -0.39 is 6.10 Å². The van der Waals surface area contributed by atoms with Crippen LogP contribution in [0.25, 0.3) is 0 Å². The minimum atomic E-state index is -0.705. The second kappa shape index (κ2) is 7.12. The predicted molar refractivity (Wildman–Crippen MR) is 92.1 cm³/mol. The highest BCUT2D eigenvalue weighted by Crippen LogP contribution is 2.34. The van der Waals surface area contributed by atoms with E-state index in [1.807, 2.05) is 31.2 Å². The molecule has 0 saturated carbocycles. The second-order valence-electron chi connectivity index (χ2n) is 5.02. The molecule has 0 heterocycles. The number of halogens is 3. The maximum absolute atomic E-state index is 10.7. The van der Waals surface area contributed by atoms with Crippen molar-refractivity contribution in [2.45, 2.75) is 18.9 Å². The first-order chi connectivity index (χ1) is 9.92. The van der Waals surface area contributed by atoms with Gasteiger partial charge in [0.1, 0.15) is 0 Å². The Morgan fingerprint density at radius 3 is 2.38 bits per heavy atom. The number of aliphatic hydroxyl groups excluding tert-OH is 1. The molecule has 0 bridgehead atoms. The van der Waals surface area contributed by atoms with Crippen LogP contribution in [0.1, 0.15) is 28.7 Å². The SMILES string of the molecule is Cc1cc(Br)cc(C(O)C(CN)c2ccc(Cl)c(Cl)c2)c1. The van der Waals surface area contributed by atoms with E-state index in [0.717, 1.165) is 21.2 Å². The zero-order valence-corrected chi connectivity index (χ0v) is 14.6. The zero-order valence-electron chi connectivity index (χ0n) is 11.5. The van der Waals surface area contributed by atoms with Crippen LogP contribution in [0.15, 0.2) is 40.9 Å². The quantitative estimate of drug-likeness (QED) is 0.786. The van der Waals surface area contributed by atoms with Gasteiger partial charge in [-0.2, -0.15) is 0 Å². The molecular formula is C16H16BrCl2NO. The lowest BCUT2D eigenvalue weighted by Gasteiger charge is -2.23. The first-order valence-electron chi connectivity index (χ1n) is 6.52. The number of benzene rings is 2. The van der Waals surface area contributed by atoms with E-state index in [0.29, 0.717) is 16.6 Å². The molecule has 0 saturated heterocycles. The summed E-state index contributed by atoms with van der Waals surface area (Å²) in [5, 5.41) is 11.6. The van der Waals surface area contributed by atoms with Crippen LogP contribution in [-0.2, 0) is 0 Å². The van der Waals surface area contributed by atoms with Gasteiger partial charge in [-0.05, 0) is 47.9 Å². The van der Waals surface area contributed by atoms with Gasteiger partial charge in [0.2, 0.25) is 0 Å². The van der Waals surface area contributed by atoms with Crippen molar-refractivity contribution in [3.8, 4) is 0 Å². The zero-order chi connectivity index (χ0) is 15.6. The van der Waals surface area contributed by atoms with Crippen molar-refractivity contribution in [2.75, 3.05) is 6.54 Å². The highest BCUT2D eigenvalue weighted by molar-refractivity contribution is 9.10. The van der Waals surface area contributed by atoms with Gasteiger partial charge in [0, 0.05) is 16.9 Å². The number of aryl methyl sites for hydroxylation is 1. The first kappa shape index (κ1) is 16.8. The summed E-state index contributed by atoms with van der Waals surface area (Å²) in [6, 6.07) is 11.2. The van der Waals surface area contributed by atoms with Gasteiger partial charge in [-0.1, -0.05) is 51.3 Å². The molecule has 0 fully saturated rings. The van der Waals surface area contributed by atoms with Crippen molar-refractivity contribution in [1.29, 1.82) is 0 Å². The maximum Gasteiger partial charge on any atom is 0.0871 e. The van der Waals surface area contributed by atoms with Crippen LogP contribution in [0, 0.1) is 6.92 Å². The fourth-order valence-electron chi connectivity index (χ4n) is 2.36. The Labute approximate surface area is 143 Å². The number of nitrogens with two attached hydrogens (primary N) is 1. The molecular weight excluding hydrogens is 373 g/mol. The first-order valence-corrected chi connectivity index (χ1v) is 8.07. The van der Waals surface area contributed by atoms with Crippen molar-refractivity contribution in [1.82, 2.24) is 0 Å². The van der Waals surface area contributed by atoms with E-state index in [1.165, 1.54) is 0 Å². The minimum absolute atomic E-state index is 0.242. The molecule has 2 aromatic rings. The molecule has 21 heavy (non-hydrogen) atoms. The van der Waals surface area contributed by atoms with E-state index in [1.54, 1.807) is 12.1 Å². The Hall–Kier alpha value is -0.580. The van der Waals surface area contributed by atoms with Gasteiger partial charge < -0.3 is 10.8 Å². The third-order valence-corrected chi connectivity index (χ3v) is 4.61. The molecule has 112 valence electrons. The topological polar surface area (TPSA) is 46.2 Å². The monoisotopic (exact) mass is 387 g/mol. The molecule has 2 rings (SSSR count). The Bertz CT molecular complexity index is 628. The van der Waals surface area contributed by atoms with Gasteiger partial charge in [-0.15, -0.1) is 0 Å². The van der Waals surface area contributed by atoms with Crippen LogP contribution in [0.4, 0.5) is 0 Å². The molecule has 3 N–H and O–H groups in total. The molecule has 0 spiro atoms. The summed E-state index contributed by atoms with van der Waals surface area (Å²) in [5.41, 5.74) is 8.63. The van der Waals surface area contributed by atoms with Gasteiger partial charge in [-0.25, -0.2) is 0 Å². The average molecular weight is 389 g/mol. The fourth-order valence-corrected chi connectivity index (χ4v) is 3.29. The van der Waals surface area contributed by atoms with Crippen molar-refractivity contribution >= 4 is 39.1 Å². The third kappa shape index (κ3) is 3.99. The molecule has 0 aliphatic rings. The molecule has 2 unspecified atom stereocenters. The van der Waals surface area contributed by atoms with E-state index in [4.69, 9.17) is 28.9 Å². The van der Waals surface area contributed by atoms with Crippen molar-refractivity contribution in [2.24, 2.45) is 5.73 Å². The summed E-state index contributed by atoms with van der Waals surface area (Å²) in [6.07, 6.45) is -0.705. The summed E-state index contributed by atoms with van der Waals surface area (Å²) in [4.78, 5) is 0. The molecule has 5 heteroatoms. The molecule has 0 aliphatic heterocycles. The minimum Gasteiger partial charge on any atom is -0.388 e. The molecule has 2 nitrogen and oxygen atoms in total. The van der Waals surface area contributed by atoms with E-state index in [9.17, 15) is 5.11 Å². The van der Waals surface area contributed by atoms with Crippen LogP contribution in [0.5, 0.6) is 0 Å². The Balaban J connectivity index is 2.37. The maximum atomic E-state index is 10.7. The van der Waals surface area contributed by atoms with Crippen LogP contribution in [0.2, 0.25) is 10.0 Å². The highest BCUT2D eigenvalue weighted by Gasteiger charge is 2.22. The fraction of sp³-hybridized carbons (Fsp3) is 0.250. The number of hydrogen-bond donors (Lipinski definition) is 2. The summed E-state index contributed by atoms with van der Waals surface area (Å²) in [5.74, 6) is -0.242. The standard InChI is InChI=1S/C16H16BrCl2NO/c1-9-4-11(6-12(17)5-9)16(21)13(8-20)10-2-3-14(18)15(19)7-10/h2-7,13,16,21H,8,20H2,1H3. The lowest BCUT2D eigenvalue weighted by atomic mass is 9.89. The third-order valence-electron chi connectivity index (χ3n) is 3.41. The van der Waals surface area contributed by atoms with E-state index in [2.05, 4.69) is 15.9 Å². The van der Waals surface area contributed by atoms with Gasteiger partial charge in [0.15, 0.2) is 0 Å². The summed E-state index contributed by atoms with van der Waals surface area (Å²) in [7, 11) is 0. The lowest BCUT2D eigenvalue weighted by molar-refractivity contribution is 0.147. The molecule has 2 aromatic carbocycles.